The molecule has 0 amide bonds. The summed E-state index contributed by atoms with van der Waals surface area (Å²) in [5, 5.41) is 0.414. The van der Waals surface area contributed by atoms with Gasteiger partial charge in [0.25, 0.3) is 0 Å². The number of allylic oxidation sites excluding steroid dienone is 2. The van der Waals surface area contributed by atoms with Crippen molar-refractivity contribution in [2.24, 2.45) is 11.8 Å². The van der Waals surface area contributed by atoms with Crippen LogP contribution in [0.5, 0.6) is 0 Å². The lowest BCUT2D eigenvalue weighted by molar-refractivity contribution is -0.119. The van der Waals surface area contributed by atoms with Crippen LogP contribution in [-0.2, 0) is 4.79 Å². The molecule has 2 nitrogen and oxygen atoms in total. The number of hydrogen-bond acceptors (Lipinski definition) is 3. The molecule has 26 heavy (non-hydrogen) atoms. The SMILES string of the molecule is Cc1ccc(C(=O)C2=C(Sc3ccccc3)[C@H]3CC[C@@H](C3)C2=O)c(Cl)c1. The molecule has 1 fully saturated rings. The maximum Gasteiger partial charge on any atom is 0.198 e. The molecule has 2 aromatic rings. The Bertz CT molecular complexity index is 917. The van der Waals surface area contributed by atoms with E-state index in [4.69, 9.17) is 11.6 Å². The second-order valence-corrected chi connectivity index (χ2v) is 8.56. The third-order valence-corrected chi connectivity index (χ3v) is 6.81. The molecule has 2 aliphatic carbocycles. The average molecular weight is 383 g/mol. The maximum absolute atomic E-state index is 13.3. The van der Waals surface area contributed by atoms with E-state index in [1.807, 2.05) is 43.3 Å². The summed E-state index contributed by atoms with van der Waals surface area (Å²) in [5.41, 5.74) is 1.78. The molecular formula is C22H19ClO2S. The van der Waals surface area contributed by atoms with Gasteiger partial charge < -0.3 is 0 Å². The number of carbonyl (C=O) groups excluding carboxylic acids is 2. The van der Waals surface area contributed by atoms with Gasteiger partial charge in [-0.25, -0.2) is 0 Å². The van der Waals surface area contributed by atoms with Gasteiger partial charge in [0.2, 0.25) is 0 Å². The zero-order valence-corrected chi connectivity index (χ0v) is 16.1. The van der Waals surface area contributed by atoms with Crippen LogP contribution in [0, 0.1) is 18.8 Å². The van der Waals surface area contributed by atoms with E-state index < -0.39 is 0 Å². The zero-order chi connectivity index (χ0) is 18.3. The Morgan fingerprint density at radius 1 is 1.08 bits per heavy atom. The second-order valence-electron chi connectivity index (χ2n) is 7.04. The number of aryl methyl sites for hydroxylation is 1. The number of hydrogen-bond donors (Lipinski definition) is 0. The first-order valence-electron chi connectivity index (χ1n) is 8.86. The highest BCUT2D eigenvalue weighted by Gasteiger charge is 2.43. The fourth-order valence-corrected chi connectivity index (χ4v) is 5.44. The van der Waals surface area contributed by atoms with Gasteiger partial charge in [0.15, 0.2) is 11.6 Å². The van der Waals surface area contributed by atoms with Crippen LogP contribution in [0.1, 0.15) is 35.2 Å². The molecule has 4 heteroatoms. The van der Waals surface area contributed by atoms with Gasteiger partial charge >= 0.3 is 0 Å². The molecular weight excluding hydrogens is 364 g/mol. The summed E-state index contributed by atoms with van der Waals surface area (Å²) in [6.07, 6.45) is 2.72. The van der Waals surface area contributed by atoms with E-state index in [1.54, 1.807) is 23.9 Å². The number of fused-ring (bicyclic) bond motifs is 2. The fourth-order valence-electron chi connectivity index (χ4n) is 3.90. The molecule has 0 heterocycles. The average Bonchev–Trinajstić information content (AvgIpc) is 3.07. The van der Waals surface area contributed by atoms with Crippen molar-refractivity contribution < 1.29 is 9.59 Å². The van der Waals surface area contributed by atoms with Gasteiger partial charge in [-0.05, 0) is 61.9 Å². The first-order chi connectivity index (χ1) is 12.5. The number of halogens is 1. The summed E-state index contributed by atoms with van der Waals surface area (Å²) in [6.45, 7) is 1.93. The summed E-state index contributed by atoms with van der Waals surface area (Å²) in [6, 6.07) is 15.3. The Balaban J connectivity index is 1.81. The lowest BCUT2D eigenvalue weighted by Gasteiger charge is -2.24. The highest BCUT2D eigenvalue weighted by Crippen LogP contribution is 2.50. The molecule has 1 saturated carbocycles. The summed E-state index contributed by atoms with van der Waals surface area (Å²) < 4.78 is 0. The van der Waals surface area contributed by atoms with Gasteiger partial charge in [0.05, 0.1) is 10.6 Å². The van der Waals surface area contributed by atoms with Crippen LogP contribution < -0.4 is 0 Å². The Morgan fingerprint density at radius 2 is 1.81 bits per heavy atom. The quantitative estimate of drug-likeness (QED) is 0.489. The van der Waals surface area contributed by atoms with E-state index in [0.717, 1.165) is 34.6 Å². The first-order valence-corrected chi connectivity index (χ1v) is 10.1. The highest BCUT2D eigenvalue weighted by atomic mass is 35.5. The van der Waals surface area contributed by atoms with Gasteiger partial charge in [0.1, 0.15) is 0 Å². The third kappa shape index (κ3) is 3.15. The fraction of sp³-hybridized carbons (Fsp3) is 0.273. The van der Waals surface area contributed by atoms with Crippen molar-refractivity contribution in [1.29, 1.82) is 0 Å². The maximum atomic E-state index is 13.3. The number of ketones is 2. The molecule has 0 radical (unpaired) electrons. The number of thioether (sulfide) groups is 1. The van der Waals surface area contributed by atoms with Gasteiger partial charge in [-0.2, -0.15) is 0 Å². The molecule has 2 aliphatic rings. The van der Waals surface area contributed by atoms with Crippen LogP contribution >= 0.6 is 23.4 Å². The van der Waals surface area contributed by atoms with Crippen molar-refractivity contribution >= 4 is 34.9 Å². The van der Waals surface area contributed by atoms with Gasteiger partial charge in [-0.1, -0.05) is 47.6 Å². The molecule has 0 saturated heterocycles. The van der Waals surface area contributed by atoms with E-state index in [2.05, 4.69) is 0 Å². The summed E-state index contributed by atoms with van der Waals surface area (Å²) in [7, 11) is 0. The molecule has 4 rings (SSSR count). The predicted molar refractivity (Wildman–Crippen MR) is 106 cm³/mol. The normalized spacial score (nSPS) is 22.0. The Hall–Kier alpha value is -1.84. The molecule has 0 N–H and O–H groups in total. The van der Waals surface area contributed by atoms with Gasteiger partial charge in [-0.15, -0.1) is 0 Å². The standard InChI is InChI=1S/C22H19ClO2S/c1-13-7-10-17(18(23)11-13)21(25)19-20(24)14-8-9-15(12-14)22(19)26-16-5-3-2-4-6-16/h2-7,10-11,14-15H,8-9,12H2,1H3/t14-,15-/m0/s1. The molecule has 0 aliphatic heterocycles. The highest BCUT2D eigenvalue weighted by molar-refractivity contribution is 8.03. The van der Waals surface area contributed by atoms with E-state index in [9.17, 15) is 9.59 Å². The molecule has 2 bridgehead atoms. The number of benzene rings is 2. The minimum absolute atomic E-state index is 0.00109. The van der Waals surface area contributed by atoms with Crippen molar-refractivity contribution in [3.05, 3.63) is 75.2 Å². The second kappa shape index (κ2) is 7.05. The van der Waals surface area contributed by atoms with Gasteiger partial charge in [0, 0.05) is 21.3 Å². The number of Topliss-reactive ketones (excluding diaryl/α,β-unsaturated/α-hetero) is 2. The Kier molecular flexibility index (Phi) is 4.76. The summed E-state index contributed by atoms with van der Waals surface area (Å²) in [4.78, 5) is 28.3. The largest absolute Gasteiger partial charge is 0.294 e. The first kappa shape index (κ1) is 17.6. The smallest absolute Gasteiger partial charge is 0.198 e. The Morgan fingerprint density at radius 3 is 2.54 bits per heavy atom. The Labute approximate surface area is 162 Å². The lowest BCUT2D eigenvalue weighted by atomic mass is 9.84. The molecule has 2 aromatic carbocycles. The van der Waals surface area contributed by atoms with Crippen molar-refractivity contribution in [3.8, 4) is 0 Å². The zero-order valence-electron chi connectivity index (χ0n) is 14.5. The van der Waals surface area contributed by atoms with Crippen molar-refractivity contribution in [2.75, 3.05) is 0 Å². The summed E-state index contributed by atoms with van der Waals surface area (Å²) in [5.74, 6) is 0.0585. The molecule has 132 valence electrons. The van der Waals surface area contributed by atoms with Crippen LogP contribution in [0.4, 0.5) is 0 Å². The minimum atomic E-state index is -0.227. The summed E-state index contributed by atoms with van der Waals surface area (Å²) >= 11 is 7.89. The number of rotatable bonds is 4. The molecule has 0 spiro atoms. The van der Waals surface area contributed by atoms with E-state index >= 15 is 0 Å². The monoisotopic (exact) mass is 382 g/mol. The van der Waals surface area contributed by atoms with Crippen molar-refractivity contribution in [3.63, 3.8) is 0 Å². The van der Waals surface area contributed by atoms with Crippen LogP contribution in [0.3, 0.4) is 0 Å². The van der Waals surface area contributed by atoms with Crippen molar-refractivity contribution in [2.45, 2.75) is 31.1 Å². The minimum Gasteiger partial charge on any atom is -0.294 e. The molecule has 2 atom stereocenters. The van der Waals surface area contributed by atoms with E-state index in [-0.39, 0.29) is 17.5 Å². The molecule has 0 aromatic heterocycles. The third-order valence-electron chi connectivity index (χ3n) is 5.23. The van der Waals surface area contributed by atoms with Crippen molar-refractivity contribution in [1.82, 2.24) is 0 Å². The van der Waals surface area contributed by atoms with Crippen LogP contribution in [-0.4, -0.2) is 11.6 Å². The van der Waals surface area contributed by atoms with E-state index in [1.165, 1.54) is 0 Å². The topological polar surface area (TPSA) is 34.1 Å². The van der Waals surface area contributed by atoms with Gasteiger partial charge in [-0.3, -0.25) is 9.59 Å². The lowest BCUT2D eigenvalue weighted by Crippen LogP contribution is -2.26. The molecule has 0 unspecified atom stereocenters. The van der Waals surface area contributed by atoms with Crippen LogP contribution in [0.25, 0.3) is 0 Å². The van der Waals surface area contributed by atoms with Crippen LogP contribution in [0.2, 0.25) is 5.02 Å². The van der Waals surface area contributed by atoms with E-state index in [0.29, 0.717) is 22.1 Å². The predicted octanol–water partition coefficient (Wildman–Crippen LogP) is 5.88. The van der Waals surface area contributed by atoms with Crippen LogP contribution in [0.15, 0.2) is 63.9 Å². The number of carbonyl (C=O) groups is 2.